The molecule has 0 N–H and O–H groups in total. The quantitative estimate of drug-likeness (QED) is 0.475. The summed E-state index contributed by atoms with van der Waals surface area (Å²) in [5.74, 6) is -3.90. The van der Waals surface area contributed by atoms with E-state index in [4.69, 9.17) is 4.74 Å². The third kappa shape index (κ3) is 3.86. The van der Waals surface area contributed by atoms with E-state index in [2.05, 4.69) is 6.58 Å². The highest BCUT2D eigenvalue weighted by atomic mass is 19.2. The predicted molar refractivity (Wildman–Crippen MR) is 72.2 cm³/mol. The number of benzene rings is 1. The van der Waals surface area contributed by atoms with Crippen LogP contribution in [0, 0.1) is 23.4 Å². The van der Waals surface area contributed by atoms with Gasteiger partial charge in [0.15, 0.2) is 17.5 Å². The van der Waals surface area contributed by atoms with Gasteiger partial charge in [-0.2, -0.15) is 0 Å². The van der Waals surface area contributed by atoms with Crippen LogP contribution < -0.4 is 0 Å². The van der Waals surface area contributed by atoms with Crippen LogP contribution in [0.2, 0.25) is 0 Å². The second-order valence-corrected chi connectivity index (χ2v) is 5.35. The molecule has 2 rings (SSSR count). The van der Waals surface area contributed by atoms with Gasteiger partial charge in [-0.1, -0.05) is 6.58 Å². The van der Waals surface area contributed by atoms with Crippen molar-refractivity contribution in [2.75, 3.05) is 6.61 Å². The molecule has 114 valence electrons. The predicted octanol–water partition coefficient (Wildman–Crippen LogP) is 4.11. The van der Waals surface area contributed by atoms with E-state index < -0.39 is 23.4 Å². The summed E-state index contributed by atoms with van der Waals surface area (Å²) in [6.07, 6.45) is 4.20. The number of halogens is 3. The van der Waals surface area contributed by atoms with Crippen LogP contribution in [0.1, 0.15) is 37.2 Å². The molecule has 0 aromatic heterocycles. The van der Waals surface area contributed by atoms with Crippen molar-refractivity contribution in [2.45, 2.75) is 31.6 Å². The van der Waals surface area contributed by atoms with Crippen molar-refractivity contribution >= 4 is 5.97 Å². The van der Waals surface area contributed by atoms with Crippen LogP contribution in [0.4, 0.5) is 13.2 Å². The summed E-state index contributed by atoms with van der Waals surface area (Å²) < 4.78 is 44.4. The lowest BCUT2D eigenvalue weighted by Crippen LogP contribution is -2.19. The maximum atomic E-state index is 13.2. The molecule has 0 unspecified atom stereocenters. The summed E-state index contributed by atoms with van der Waals surface area (Å²) in [7, 11) is 0. The largest absolute Gasteiger partial charge is 0.462 e. The Morgan fingerprint density at radius 2 is 1.76 bits per heavy atom. The first-order valence-corrected chi connectivity index (χ1v) is 6.95. The van der Waals surface area contributed by atoms with Gasteiger partial charge in [0.05, 0.1) is 6.61 Å². The normalized spacial score (nSPS) is 21.9. The third-order valence-corrected chi connectivity index (χ3v) is 3.95. The fourth-order valence-electron chi connectivity index (χ4n) is 2.73. The average Bonchev–Trinajstić information content (AvgIpc) is 2.50. The molecule has 0 atom stereocenters. The summed E-state index contributed by atoms with van der Waals surface area (Å²) in [6, 6.07) is 2.14. The highest BCUT2D eigenvalue weighted by Crippen LogP contribution is 2.36. The van der Waals surface area contributed by atoms with Crippen LogP contribution in [0.25, 0.3) is 0 Å². The molecule has 1 aliphatic rings. The summed E-state index contributed by atoms with van der Waals surface area (Å²) >= 11 is 0. The molecule has 2 nitrogen and oxygen atoms in total. The lowest BCUT2D eigenvalue weighted by Gasteiger charge is -2.28. The molecule has 0 bridgehead atoms. The van der Waals surface area contributed by atoms with Gasteiger partial charge in [-0.05, 0) is 55.2 Å². The Labute approximate surface area is 121 Å². The number of esters is 1. The van der Waals surface area contributed by atoms with Crippen molar-refractivity contribution in [2.24, 2.45) is 5.92 Å². The van der Waals surface area contributed by atoms with E-state index in [-0.39, 0.29) is 11.8 Å². The molecule has 0 amide bonds. The average molecular weight is 298 g/mol. The lowest BCUT2D eigenvalue weighted by molar-refractivity contribution is -0.139. The number of carbonyl (C=O) groups excluding carboxylic acids is 1. The summed E-state index contributed by atoms with van der Waals surface area (Å²) in [5, 5.41) is 0. The zero-order chi connectivity index (χ0) is 15.4. The second-order valence-electron chi connectivity index (χ2n) is 5.35. The molecule has 5 heteroatoms. The molecule has 1 aromatic rings. The van der Waals surface area contributed by atoms with Crippen LogP contribution in [0.5, 0.6) is 0 Å². The monoisotopic (exact) mass is 298 g/mol. The van der Waals surface area contributed by atoms with E-state index in [0.717, 1.165) is 43.9 Å². The molecule has 0 radical (unpaired) electrons. The zero-order valence-corrected chi connectivity index (χ0v) is 11.6. The minimum Gasteiger partial charge on any atom is -0.462 e. The van der Waals surface area contributed by atoms with Gasteiger partial charge in [0.2, 0.25) is 0 Å². The first kappa shape index (κ1) is 15.6. The Kier molecular flexibility index (Phi) is 5.04. The van der Waals surface area contributed by atoms with Crippen LogP contribution in [-0.4, -0.2) is 12.6 Å². The molecule has 0 spiro atoms. The molecule has 21 heavy (non-hydrogen) atoms. The molecular weight excluding hydrogens is 281 g/mol. The van der Waals surface area contributed by atoms with Crippen molar-refractivity contribution in [3.63, 3.8) is 0 Å². The fraction of sp³-hybridized carbons (Fsp3) is 0.438. The lowest BCUT2D eigenvalue weighted by atomic mass is 9.79. The molecule has 1 aliphatic carbocycles. The number of hydrogen-bond acceptors (Lipinski definition) is 2. The molecule has 1 saturated carbocycles. The van der Waals surface area contributed by atoms with Gasteiger partial charge in [-0.3, -0.25) is 0 Å². The summed E-state index contributed by atoms with van der Waals surface area (Å²) in [4.78, 5) is 11.0. The molecule has 1 fully saturated rings. The Morgan fingerprint density at radius 3 is 2.29 bits per heavy atom. The van der Waals surface area contributed by atoms with E-state index in [1.54, 1.807) is 0 Å². The van der Waals surface area contributed by atoms with Gasteiger partial charge in [0, 0.05) is 6.08 Å². The molecule has 0 saturated heterocycles. The highest BCUT2D eigenvalue weighted by molar-refractivity contribution is 5.81. The molecular formula is C16H17F3O2. The van der Waals surface area contributed by atoms with E-state index in [0.29, 0.717) is 12.2 Å². The van der Waals surface area contributed by atoms with Gasteiger partial charge in [0.25, 0.3) is 0 Å². The van der Waals surface area contributed by atoms with Gasteiger partial charge < -0.3 is 4.74 Å². The number of hydrogen-bond donors (Lipinski definition) is 0. The van der Waals surface area contributed by atoms with E-state index >= 15 is 0 Å². The maximum absolute atomic E-state index is 13.2. The standard InChI is InChI=1S/C16H17F3O2/c1-2-15(20)21-9-10-3-5-11(6-4-10)12-7-13(17)16(19)14(18)8-12/h2,7-8,10-11H,1,3-6,9H2. The number of rotatable bonds is 4. The van der Waals surface area contributed by atoms with E-state index in [1.165, 1.54) is 0 Å². The van der Waals surface area contributed by atoms with Crippen molar-refractivity contribution in [3.8, 4) is 0 Å². The first-order chi connectivity index (χ1) is 10.0. The minimum atomic E-state index is -1.43. The molecule has 1 aromatic carbocycles. The first-order valence-electron chi connectivity index (χ1n) is 6.95. The molecule has 0 heterocycles. The summed E-state index contributed by atoms with van der Waals surface area (Å²) in [6.45, 7) is 3.66. The second kappa shape index (κ2) is 6.78. The van der Waals surface area contributed by atoms with Crippen molar-refractivity contribution in [1.29, 1.82) is 0 Å². The molecule has 0 aliphatic heterocycles. The smallest absolute Gasteiger partial charge is 0.330 e. The minimum absolute atomic E-state index is 0.0148. The van der Waals surface area contributed by atoms with E-state index in [1.807, 2.05) is 0 Å². The van der Waals surface area contributed by atoms with Gasteiger partial charge >= 0.3 is 5.97 Å². The van der Waals surface area contributed by atoms with Crippen LogP contribution in [-0.2, 0) is 9.53 Å². The van der Waals surface area contributed by atoms with Gasteiger partial charge in [-0.25, -0.2) is 18.0 Å². The number of ether oxygens (including phenoxy) is 1. The SMILES string of the molecule is C=CC(=O)OCC1CCC(c2cc(F)c(F)c(F)c2)CC1. The maximum Gasteiger partial charge on any atom is 0.330 e. The van der Waals surface area contributed by atoms with E-state index in [9.17, 15) is 18.0 Å². The van der Waals surface area contributed by atoms with Crippen LogP contribution in [0.3, 0.4) is 0 Å². The highest BCUT2D eigenvalue weighted by Gasteiger charge is 2.25. The van der Waals surface area contributed by atoms with Crippen LogP contribution >= 0.6 is 0 Å². The van der Waals surface area contributed by atoms with Crippen molar-refractivity contribution in [3.05, 3.63) is 47.8 Å². The van der Waals surface area contributed by atoms with Crippen molar-refractivity contribution < 1.29 is 22.7 Å². The number of carbonyl (C=O) groups is 1. The van der Waals surface area contributed by atoms with Crippen molar-refractivity contribution in [1.82, 2.24) is 0 Å². The van der Waals surface area contributed by atoms with Crippen LogP contribution in [0.15, 0.2) is 24.8 Å². The van der Waals surface area contributed by atoms with Gasteiger partial charge in [-0.15, -0.1) is 0 Å². The Bertz CT molecular complexity index is 511. The third-order valence-electron chi connectivity index (χ3n) is 3.95. The Hall–Kier alpha value is -1.78. The topological polar surface area (TPSA) is 26.3 Å². The Balaban J connectivity index is 1.92. The Morgan fingerprint density at radius 1 is 1.19 bits per heavy atom. The van der Waals surface area contributed by atoms with Gasteiger partial charge in [0.1, 0.15) is 0 Å². The fourth-order valence-corrected chi connectivity index (χ4v) is 2.73. The zero-order valence-electron chi connectivity index (χ0n) is 11.6. The summed E-state index contributed by atoms with van der Waals surface area (Å²) in [5.41, 5.74) is 0.493.